The molecule has 4 nitrogen and oxygen atoms in total. The van der Waals surface area contributed by atoms with Gasteiger partial charge in [-0.25, -0.2) is 4.98 Å². The van der Waals surface area contributed by atoms with Gasteiger partial charge in [-0.05, 0) is 36.8 Å². The molecule has 1 heterocycles. The van der Waals surface area contributed by atoms with E-state index in [0.29, 0.717) is 0 Å². The fourth-order valence-electron chi connectivity index (χ4n) is 1.84. The molecule has 0 radical (unpaired) electrons. The van der Waals surface area contributed by atoms with Gasteiger partial charge in [0.05, 0.1) is 15.9 Å². The van der Waals surface area contributed by atoms with Gasteiger partial charge in [0, 0.05) is 5.69 Å². The maximum absolute atomic E-state index is 5.67. The third-order valence-electron chi connectivity index (χ3n) is 2.94. The molecule has 3 rings (SSSR count). The monoisotopic (exact) mass is 282 g/mol. The van der Waals surface area contributed by atoms with Crippen molar-refractivity contribution in [3.63, 3.8) is 0 Å². The Labute approximate surface area is 121 Å². The van der Waals surface area contributed by atoms with Crippen LogP contribution in [0.1, 0.15) is 12.5 Å². The number of hydrogen-bond acceptors (Lipinski definition) is 5. The number of nitrogens with two attached hydrogens (primary N) is 1. The second kappa shape index (κ2) is 5.30. The van der Waals surface area contributed by atoms with Crippen molar-refractivity contribution in [2.45, 2.75) is 6.92 Å². The smallest absolute Gasteiger partial charge is 0.204 e. The summed E-state index contributed by atoms with van der Waals surface area (Å²) in [7, 11) is 0. The van der Waals surface area contributed by atoms with E-state index in [1.807, 2.05) is 49.4 Å². The fourth-order valence-corrected chi connectivity index (χ4v) is 2.65. The van der Waals surface area contributed by atoms with E-state index in [1.54, 1.807) is 11.3 Å². The molecule has 0 saturated heterocycles. The highest BCUT2D eigenvalue weighted by Crippen LogP contribution is 2.25. The van der Waals surface area contributed by atoms with Crippen LogP contribution in [0.2, 0.25) is 0 Å². The third-order valence-corrected chi connectivity index (χ3v) is 3.88. The van der Waals surface area contributed by atoms with Gasteiger partial charge in [-0.2, -0.15) is 5.10 Å². The van der Waals surface area contributed by atoms with Crippen molar-refractivity contribution >= 4 is 38.1 Å². The number of nitrogen functional groups attached to an aromatic ring is 1. The van der Waals surface area contributed by atoms with Gasteiger partial charge in [-0.15, -0.1) is 0 Å². The van der Waals surface area contributed by atoms with E-state index in [-0.39, 0.29) is 0 Å². The second-order valence-electron chi connectivity index (χ2n) is 4.42. The van der Waals surface area contributed by atoms with Crippen molar-refractivity contribution < 1.29 is 0 Å². The van der Waals surface area contributed by atoms with Crippen LogP contribution in [0.25, 0.3) is 10.2 Å². The average molecular weight is 282 g/mol. The summed E-state index contributed by atoms with van der Waals surface area (Å²) >= 11 is 1.59. The standard InChI is InChI=1S/C15H14N4S/c1-10(11-6-8-12(16)9-7-11)18-19-15-17-13-4-2-3-5-14(13)20-15/h2-9H,16H2,1H3,(H,17,19)/b18-10-. The zero-order valence-corrected chi connectivity index (χ0v) is 11.8. The van der Waals surface area contributed by atoms with Crippen molar-refractivity contribution in [2.75, 3.05) is 11.2 Å². The molecule has 0 atom stereocenters. The molecule has 0 unspecified atom stereocenters. The molecule has 0 aliphatic carbocycles. The van der Waals surface area contributed by atoms with Crippen molar-refractivity contribution in [3.8, 4) is 0 Å². The van der Waals surface area contributed by atoms with E-state index < -0.39 is 0 Å². The van der Waals surface area contributed by atoms with Gasteiger partial charge in [-0.1, -0.05) is 35.6 Å². The molecule has 100 valence electrons. The highest BCUT2D eigenvalue weighted by molar-refractivity contribution is 7.22. The van der Waals surface area contributed by atoms with Crippen LogP contribution in [0.15, 0.2) is 53.6 Å². The Kier molecular flexibility index (Phi) is 3.35. The van der Waals surface area contributed by atoms with Crippen molar-refractivity contribution in [1.82, 2.24) is 4.98 Å². The molecule has 2 aromatic carbocycles. The maximum Gasteiger partial charge on any atom is 0.204 e. The molecule has 0 amide bonds. The topological polar surface area (TPSA) is 63.3 Å². The van der Waals surface area contributed by atoms with Gasteiger partial charge in [0.25, 0.3) is 0 Å². The van der Waals surface area contributed by atoms with Crippen LogP contribution in [0.3, 0.4) is 0 Å². The van der Waals surface area contributed by atoms with Crippen LogP contribution in [0.5, 0.6) is 0 Å². The SMILES string of the molecule is C/C(=N/Nc1nc2ccccc2s1)c1ccc(N)cc1. The Morgan fingerprint density at radius 1 is 1.15 bits per heavy atom. The second-order valence-corrected chi connectivity index (χ2v) is 5.45. The Morgan fingerprint density at radius 3 is 2.65 bits per heavy atom. The Balaban J connectivity index is 1.80. The lowest BCUT2D eigenvalue weighted by molar-refractivity contribution is 1.29. The number of anilines is 2. The van der Waals surface area contributed by atoms with Gasteiger partial charge in [-0.3, -0.25) is 5.43 Å². The lowest BCUT2D eigenvalue weighted by Crippen LogP contribution is -1.99. The molecule has 3 N–H and O–H groups in total. The molecule has 0 saturated carbocycles. The molecule has 0 fully saturated rings. The first-order valence-corrected chi connectivity index (χ1v) is 7.06. The fraction of sp³-hybridized carbons (Fsp3) is 0.0667. The zero-order chi connectivity index (χ0) is 13.9. The number of hydrazone groups is 1. The van der Waals surface area contributed by atoms with E-state index in [1.165, 1.54) is 0 Å². The molecule has 3 aromatic rings. The number of thiazole rings is 1. The van der Waals surface area contributed by atoms with Crippen LogP contribution < -0.4 is 11.2 Å². The molecule has 5 heteroatoms. The number of rotatable bonds is 3. The molecule has 0 aliphatic heterocycles. The van der Waals surface area contributed by atoms with Gasteiger partial charge >= 0.3 is 0 Å². The summed E-state index contributed by atoms with van der Waals surface area (Å²) < 4.78 is 1.15. The highest BCUT2D eigenvalue weighted by atomic mass is 32.1. The van der Waals surface area contributed by atoms with Gasteiger partial charge in [0.15, 0.2) is 0 Å². The number of hydrogen-bond donors (Lipinski definition) is 2. The number of nitrogens with one attached hydrogen (secondary N) is 1. The first kappa shape index (κ1) is 12.6. The summed E-state index contributed by atoms with van der Waals surface area (Å²) in [4.78, 5) is 4.47. The first-order chi connectivity index (χ1) is 9.72. The predicted octanol–water partition coefficient (Wildman–Crippen LogP) is 3.71. The van der Waals surface area contributed by atoms with Crippen molar-refractivity contribution in [1.29, 1.82) is 0 Å². The lowest BCUT2D eigenvalue weighted by Gasteiger charge is -2.01. The largest absolute Gasteiger partial charge is 0.399 e. The van der Waals surface area contributed by atoms with E-state index in [0.717, 1.165) is 32.3 Å². The molecule has 0 spiro atoms. The van der Waals surface area contributed by atoms with Crippen LogP contribution in [-0.4, -0.2) is 10.7 Å². The number of aromatic nitrogens is 1. The maximum atomic E-state index is 5.67. The summed E-state index contributed by atoms with van der Waals surface area (Å²) in [5.74, 6) is 0. The van der Waals surface area contributed by atoms with Crippen molar-refractivity contribution in [3.05, 3.63) is 54.1 Å². The summed E-state index contributed by atoms with van der Waals surface area (Å²) in [5.41, 5.74) is 12.3. The first-order valence-electron chi connectivity index (χ1n) is 6.24. The Bertz CT molecular complexity index is 726. The van der Waals surface area contributed by atoms with Crippen LogP contribution in [-0.2, 0) is 0 Å². The summed E-state index contributed by atoms with van der Waals surface area (Å²) in [5, 5.41) is 5.16. The van der Waals surface area contributed by atoms with E-state index in [9.17, 15) is 0 Å². The lowest BCUT2D eigenvalue weighted by atomic mass is 10.1. The minimum Gasteiger partial charge on any atom is -0.399 e. The molecule has 0 aliphatic rings. The molecular weight excluding hydrogens is 268 g/mol. The zero-order valence-electron chi connectivity index (χ0n) is 11.0. The normalized spacial score (nSPS) is 11.8. The van der Waals surface area contributed by atoms with Crippen LogP contribution >= 0.6 is 11.3 Å². The minimum atomic E-state index is 0.751. The minimum absolute atomic E-state index is 0.751. The predicted molar refractivity (Wildman–Crippen MR) is 86.3 cm³/mol. The van der Waals surface area contributed by atoms with Gasteiger partial charge in [0.1, 0.15) is 0 Å². The quantitative estimate of drug-likeness (QED) is 0.437. The van der Waals surface area contributed by atoms with E-state index >= 15 is 0 Å². The summed E-state index contributed by atoms with van der Waals surface area (Å²) in [6, 6.07) is 15.7. The van der Waals surface area contributed by atoms with Crippen LogP contribution in [0.4, 0.5) is 10.8 Å². The third kappa shape index (κ3) is 2.62. The van der Waals surface area contributed by atoms with Crippen molar-refractivity contribution in [2.24, 2.45) is 5.10 Å². The number of para-hydroxylation sites is 1. The summed E-state index contributed by atoms with van der Waals surface area (Å²) in [6.07, 6.45) is 0. The number of nitrogens with zero attached hydrogens (tertiary/aromatic N) is 2. The van der Waals surface area contributed by atoms with E-state index in [4.69, 9.17) is 5.73 Å². The molecular formula is C15H14N4S. The molecule has 20 heavy (non-hydrogen) atoms. The molecule has 0 bridgehead atoms. The van der Waals surface area contributed by atoms with Gasteiger partial charge < -0.3 is 5.73 Å². The number of benzene rings is 2. The number of fused-ring (bicyclic) bond motifs is 1. The van der Waals surface area contributed by atoms with Crippen LogP contribution in [0, 0.1) is 0 Å². The highest BCUT2D eigenvalue weighted by Gasteiger charge is 2.02. The Morgan fingerprint density at radius 2 is 1.90 bits per heavy atom. The van der Waals surface area contributed by atoms with Gasteiger partial charge in [0.2, 0.25) is 5.13 Å². The Hall–Kier alpha value is -2.40. The van der Waals surface area contributed by atoms with E-state index in [2.05, 4.69) is 21.6 Å². The molecule has 1 aromatic heterocycles. The average Bonchev–Trinajstić information content (AvgIpc) is 2.88. The summed E-state index contributed by atoms with van der Waals surface area (Å²) in [6.45, 7) is 1.95.